The first-order valence-electron chi connectivity index (χ1n) is 13.1. The van der Waals surface area contributed by atoms with Crippen molar-refractivity contribution in [2.24, 2.45) is 10.2 Å². The summed E-state index contributed by atoms with van der Waals surface area (Å²) < 4.78 is 42.6. The largest absolute Gasteiger partial charge is 0.573 e. The van der Waals surface area contributed by atoms with E-state index < -0.39 is 12.1 Å². The maximum Gasteiger partial charge on any atom is 0.573 e. The summed E-state index contributed by atoms with van der Waals surface area (Å²) in [5, 5.41) is 25.0. The minimum Gasteiger partial charge on any atom is -0.406 e. The zero-order valence-electron chi connectivity index (χ0n) is 23.4. The number of hydrogen-bond acceptors (Lipinski definition) is 7. The van der Waals surface area contributed by atoms with Crippen LogP contribution in [0.25, 0.3) is 17.1 Å². The molecule has 3 aromatic carbocycles. The number of amidine groups is 1. The fraction of sp³-hybridized carbons (Fsp3) is 0.267. The summed E-state index contributed by atoms with van der Waals surface area (Å²) in [5.74, 6) is 0.874. The molecule has 0 aliphatic carbocycles. The van der Waals surface area contributed by atoms with Gasteiger partial charge in [-0.15, -0.1) is 23.4 Å². The summed E-state index contributed by atoms with van der Waals surface area (Å²) in [6.07, 6.45) is -1.63. The zero-order chi connectivity index (χ0) is 30.1. The predicted molar refractivity (Wildman–Crippen MR) is 159 cm³/mol. The Bertz CT molecular complexity index is 1610. The Balaban J connectivity index is 1.30. The quantitative estimate of drug-likeness (QED) is 0.185. The highest BCUT2D eigenvalue weighted by atomic mass is 32.2. The summed E-state index contributed by atoms with van der Waals surface area (Å²) in [7, 11) is 0. The summed E-state index contributed by atoms with van der Waals surface area (Å²) in [6, 6.07) is 19.0. The van der Waals surface area contributed by atoms with Crippen LogP contribution in [0.3, 0.4) is 0 Å². The Kier molecular flexibility index (Phi) is 8.11. The molecule has 0 saturated carbocycles. The molecule has 1 N–H and O–H groups in total. The van der Waals surface area contributed by atoms with Gasteiger partial charge in [0.25, 0.3) is 0 Å². The zero-order valence-corrected chi connectivity index (χ0v) is 24.2. The molecule has 1 aliphatic heterocycles. The second kappa shape index (κ2) is 11.6. The molecule has 1 saturated heterocycles. The van der Waals surface area contributed by atoms with Crippen molar-refractivity contribution in [1.82, 2.24) is 14.8 Å². The van der Waals surface area contributed by atoms with Crippen molar-refractivity contribution in [1.29, 1.82) is 0 Å². The van der Waals surface area contributed by atoms with Crippen LogP contribution in [0.2, 0.25) is 0 Å². The molecule has 2 heterocycles. The standard InChI is InChI=1S/C30H29F3N6O2S/c1-19(2)25-14-5-20(3)15-26(25)39-28(42-17-29(39,4)40)36-35-16-21-6-8-22(9-7-21)27-34-18-38(37-27)23-10-12-24(13-11-23)41-30(31,32)33/h5-16,18-19,40H,17H2,1-4H3/b35-16+,36-28-. The van der Waals surface area contributed by atoms with Gasteiger partial charge in [-0.05, 0) is 66.8 Å². The monoisotopic (exact) mass is 594 g/mol. The van der Waals surface area contributed by atoms with E-state index in [4.69, 9.17) is 0 Å². The molecule has 0 amide bonds. The van der Waals surface area contributed by atoms with Crippen molar-refractivity contribution >= 4 is 28.8 Å². The van der Waals surface area contributed by atoms with Crippen molar-refractivity contribution in [2.45, 2.75) is 45.7 Å². The lowest BCUT2D eigenvalue weighted by molar-refractivity contribution is -0.274. The number of anilines is 1. The topological polar surface area (TPSA) is 88.1 Å². The molecule has 0 radical (unpaired) electrons. The van der Waals surface area contributed by atoms with Gasteiger partial charge in [0.2, 0.25) is 0 Å². The molecule has 5 rings (SSSR count). The molecule has 1 fully saturated rings. The Morgan fingerprint density at radius 2 is 1.79 bits per heavy atom. The van der Waals surface area contributed by atoms with Gasteiger partial charge in [-0.2, -0.15) is 5.10 Å². The number of hydrogen-bond donors (Lipinski definition) is 1. The molecule has 4 aromatic rings. The van der Waals surface area contributed by atoms with E-state index in [2.05, 4.69) is 57.1 Å². The minimum atomic E-state index is -4.75. The molecule has 42 heavy (non-hydrogen) atoms. The minimum absolute atomic E-state index is 0.268. The van der Waals surface area contributed by atoms with Crippen LogP contribution in [0.5, 0.6) is 5.75 Å². The van der Waals surface area contributed by atoms with E-state index in [0.717, 1.165) is 27.9 Å². The van der Waals surface area contributed by atoms with Gasteiger partial charge in [0.1, 0.15) is 12.1 Å². The molecular weight excluding hydrogens is 565 g/mol. The third-order valence-electron chi connectivity index (χ3n) is 6.54. The summed E-state index contributed by atoms with van der Waals surface area (Å²) >= 11 is 1.45. The fourth-order valence-electron chi connectivity index (χ4n) is 4.49. The highest BCUT2D eigenvalue weighted by Gasteiger charge is 2.41. The van der Waals surface area contributed by atoms with Gasteiger partial charge in [-0.3, -0.25) is 4.90 Å². The number of aliphatic hydroxyl groups is 1. The molecule has 0 bridgehead atoms. The first-order chi connectivity index (χ1) is 19.9. The lowest BCUT2D eigenvalue weighted by Gasteiger charge is -2.33. The maximum atomic E-state index is 12.4. The highest BCUT2D eigenvalue weighted by Crippen LogP contribution is 2.40. The Labute approximate surface area is 245 Å². The highest BCUT2D eigenvalue weighted by molar-refractivity contribution is 8.14. The number of halogens is 3. The van der Waals surface area contributed by atoms with Gasteiger partial charge in [-0.25, -0.2) is 9.67 Å². The Morgan fingerprint density at radius 3 is 2.45 bits per heavy atom. The molecule has 218 valence electrons. The van der Waals surface area contributed by atoms with Gasteiger partial charge in [0.05, 0.1) is 11.9 Å². The van der Waals surface area contributed by atoms with Crippen LogP contribution in [0.1, 0.15) is 43.4 Å². The molecule has 12 heteroatoms. The first kappa shape index (κ1) is 29.3. The molecule has 1 aromatic heterocycles. The van der Waals surface area contributed by atoms with Crippen LogP contribution in [-0.4, -0.2) is 49.1 Å². The Morgan fingerprint density at radius 1 is 1.07 bits per heavy atom. The van der Waals surface area contributed by atoms with Crippen LogP contribution in [-0.2, 0) is 0 Å². The van der Waals surface area contributed by atoms with E-state index in [1.165, 1.54) is 47.0 Å². The molecule has 1 atom stereocenters. The molecule has 1 aliphatic rings. The SMILES string of the molecule is Cc1ccc(C(C)C)c(N2/C(=N/N=C/c3ccc(-c4ncn(-c5ccc(OC(F)(F)F)cc5)n4)cc3)SCC2(C)O)c1. The van der Waals surface area contributed by atoms with E-state index in [1.54, 1.807) is 13.1 Å². The molecule has 8 nitrogen and oxygen atoms in total. The van der Waals surface area contributed by atoms with E-state index in [0.29, 0.717) is 22.4 Å². The lowest BCUT2D eigenvalue weighted by atomic mass is 9.98. The maximum absolute atomic E-state index is 12.4. The van der Waals surface area contributed by atoms with E-state index in [-0.39, 0.29) is 11.7 Å². The number of thioether (sulfide) groups is 1. The van der Waals surface area contributed by atoms with Gasteiger partial charge in [0, 0.05) is 17.0 Å². The fourth-order valence-corrected chi connectivity index (χ4v) is 5.55. The Hall–Kier alpha value is -4.16. The van der Waals surface area contributed by atoms with Crippen LogP contribution in [0.15, 0.2) is 83.3 Å². The molecular formula is C30H29F3N6O2S. The number of ether oxygens (including phenoxy) is 1. The van der Waals surface area contributed by atoms with Gasteiger partial charge in [0.15, 0.2) is 16.7 Å². The van der Waals surface area contributed by atoms with Crippen molar-refractivity contribution in [3.05, 3.63) is 89.7 Å². The van der Waals surface area contributed by atoms with Crippen LogP contribution < -0.4 is 9.64 Å². The number of alkyl halides is 3. The third kappa shape index (κ3) is 6.66. The van der Waals surface area contributed by atoms with E-state index in [9.17, 15) is 18.3 Å². The van der Waals surface area contributed by atoms with Crippen molar-refractivity contribution in [3.63, 3.8) is 0 Å². The normalized spacial score (nSPS) is 18.5. The summed E-state index contributed by atoms with van der Waals surface area (Å²) in [5.41, 5.74) is 4.14. The van der Waals surface area contributed by atoms with Crippen molar-refractivity contribution < 1.29 is 23.0 Å². The van der Waals surface area contributed by atoms with Crippen LogP contribution in [0, 0.1) is 6.92 Å². The summed E-state index contributed by atoms with van der Waals surface area (Å²) in [6.45, 7) is 8.06. The van der Waals surface area contributed by atoms with E-state index in [1.807, 2.05) is 36.1 Å². The summed E-state index contributed by atoms with van der Waals surface area (Å²) in [4.78, 5) is 6.18. The average molecular weight is 595 g/mol. The van der Waals surface area contributed by atoms with Gasteiger partial charge < -0.3 is 9.84 Å². The van der Waals surface area contributed by atoms with Gasteiger partial charge in [-0.1, -0.05) is 62.0 Å². The predicted octanol–water partition coefficient (Wildman–Crippen LogP) is 6.92. The van der Waals surface area contributed by atoms with Crippen LogP contribution >= 0.6 is 11.8 Å². The van der Waals surface area contributed by atoms with Crippen LogP contribution in [0.4, 0.5) is 18.9 Å². The second-order valence-electron chi connectivity index (χ2n) is 10.4. The average Bonchev–Trinajstić information content (AvgIpc) is 3.53. The third-order valence-corrected chi connectivity index (χ3v) is 7.76. The first-order valence-corrected chi connectivity index (χ1v) is 14.1. The number of aromatic nitrogens is 3. The molecule has 0 spiro atoms. The van der Waals surface area contributed by atoms with E-state index >= 15 is 0 Å². The second-order valence-corrected chi connectivity index (χ2v) is 11.3. The van der Waals surface area contributed by atoms with Crippen molar-refractivity contribution in [2.75, 3.05) is 10.7 Å². The number of rotatable bonds is 7. The van der Waals surface area contributed by atoms with Gasteiger partial charge >= 0.3 is 6.36 Å². The number of nitrogens with zero attached hydrogens (tertiary/aromatic N) is 6. The molecule has 1 unspecified atom stereocenters. The van der Waals surface area contributed by atoms with Crippen molar-refractivity contribution in [3.8, 4) is 22.8 Å². The lowest BCUT2D eigenvalue weighted by Crippen LogP contribution is -2.45. The smallest absolute Gasteiger partial charge is 0.406 e. The number of benzene rings is 3. The number of aryl methyl sites for hydroxylation is 1.